The molecule has 0 aliphatic heterocycles. The third-order valence-electron chi connectivity index (χ3n) is 3.34. The number of methoxy groups -OCH3 is 1. The molecule has 0 saturated carbocycles. The van der Waals surface area contributed by atoms with E-state index in [0.29, 0.717) is 6.54 Å². The molecule has 1 aliphatic rings. The van der Waals surface area contributed by atoms with Crippen molar-refractivity contribution < 1.29 is 4.74 Å². The summed E-state index contributed by atoms with van der Waals surface area (Å²) in [6.07, 6.45) is 3.09. The molecular formula is C12H16ClNO. The Kier molecular flexibility index (Phi) is 3.01. The molecule has 0 amide bonds. The summed E-state index contributed by atoms with van der Waals surface area (Å²) in [5, 5.41) is 0.835. The third kappa shape index (κ3) is 1.67. The van der Waals surface area contributed by atoms with Crippen molar-refractivity contribution >= 4 is 11.6 Å². The van der Waals surface area contributed by atoms with Crippen LogP contribution < -0.4 is 5.73 Å². The number of halogens is 1. The second kappa shape index (κ2) is 4.12. The highest BCUT2D eigenvalue weighted by molar-refractivity contribution is 6.31. The lowest BCUT2D eigenvalue weighted by Gasteiger charge is -2.37. The van der Waals surface area contributed by atoms with Gasteiger partial charge in [-0.3, -0.25) is 0 Å². The van der Waals surface area contributed by atoms with E-state index in [9.17, 15) is 0 Å². The van der Waals surface area contributed by atoms with Crippen LogP contribution in [0.15, 0.2) is 18.2 Å². The number of ether oxygens (including phenoxy) is 1. The zero-order valence-corrected chi connectivity index (χ0v) is 9.68. The molecule has 3 heteroatoms. The van der Waals surface area contributed by atoms with Crippen LogP contribution >= 0.6 is 11.6 Å². The number of hydrogen-bond donors (Lipinski definition) is 1. The van der Waals surface area contributed by atoms with Gasteiger partial charge in [0.05, 0.1) is 0 Å². The smallest absolute Gasteiger partial charge is 0.105 e. The predicted molar refractivity (Wildman–Crippen MR) is 62.1 cm³/mol. The van der Waals surface area contributed by atoms with Crippen LogP contribution in [0.25, 0.3) is 0 Å². The average molecular weight is 226 g/mol. The lowest BCUT2D eigenvalue weighted by molar-refractivity contribution is -0.0211. The summed E-state index contributed by atoms with van der Waals surface area (Å²) in [5.41, 5.74) is 7.90. The van der Waals surface area contributed by atoms with Crippen LogP contribution in [-0.4, -0.2) is 13.7 Å². The fraction of sp³-hybridized carbons (Fsp3) is 0.500. The van der Waals surface area contributed by atoms with Gasteiger partial charge in [-0.15, -0.1) is 0 Å². The summed E-state index contributed by atoms with van der Waals surface area (Å²) in [6, 6.07) is 5.98. The quantitative estimate of drug-likeness (QED) is 0.840. The molecule has 1 atom stereocenters. The molecule has 0 spiro atoms. The van der Waals surface area contributed by atoms with E-state index >= 15 is 0 Å². The summed E-state index contributed by atoms with van der Waals surface area (Å²) in [5.74, 6) is 0. The highest BCUT2D eigenvalue weighted by Crippen LogP contribution is 2.39. The lowest BCUT2D eigenvalue weighted by Crippen LogP contribution is -2.40. The van der Waals surface area contributed by atoms with Crippen LogP contribution in [0.3, 0.4) is 0 Å². The SMILES string of the molecule is COC1(CN)CCCc2c(Cl)cccc21. The first-order valence-corrected chi connectivity index (χ1v) is 5.64. The molecule has 2 nitrogen and oxygen atoms in total. The topological polar surface area (TPSA) is 35.2 Å². The van der Waals surface area contributed by atoms with E-state index in [1.807, 2.05) is 12.1 Å². The predicted octanol–water partition coefficient (Wildman–Crippen LogP) is 2.48. The van der Waals surface area contributed by atoms with E-state index in [2.05, 4.69) is 6.07 Å². The molecule has 2 rings (SSSR count). The number of nitrogens with two attached hydrogens (primary N) is 1. The standard InChI is InChI=1S/C12H16ClNO/c1-15-12(8-14)7-3-4-9-10(12)5-2-6-11(9)13/h2,5-6H,3-4,7-8,14H2,1H3. The number of rotatable bonds is 2. The van der Waals surface area contributed by atoms with Crippen LogP contribution in [0.5, 0.6) is 0 Å². The van der Waals surface area contributed by atoms with Gasteiger partial charge in [-0.25, -0.2) is 0 Å². The molecule has 0 radical (unpaired) electrons. The highest BCUT2D eigenvalue weighted by atomic mass is 35.5. The largest absolute Gasteiger partial charge is 0.372 e. The van der Waals surface area contributed by atoms with Gasteiger partial charge in [-0.1, -0.05) is 23.7 Å². The van der Waals surface area contributed by atoms with Crippen LogP contribution in [0.1, 0.15) is 24.0 Å². The molecule has 1 unspecified atom stereocenters. The Morgan fingerprint density at radius 1 is 1.53 bits per heavy atom. The maximum Gasteiger partial charge on any atom is 0.105 e. The van der Waals surface area contributed by atoms with Gasteiger partial charge in [-0.05, 0) is 36.5 Å². The fourth-order valence-corrected chi connectivity index (χ4v) is 2.70. The Labute approximate surface area is 95.4 Å². The van der Waals surface area contributed by atoms with Gasteiger partial charge in [0.2, 0.25) is 0 Å². The van der Waals surface area contributed by atoms with Crippen molar-refractivity contribution in [3.8, 4) is 0 Å². The molecule has 1 aliphatic carbocycles. The summed E-state index contributed by atoms with van der Waals surface area (Å²) < 4.78 is 5.63. The minimum absolute atomic E-state index is 0.321. The van der Waals surface area contributed by atoms with E-state index < -0.39 is 0 Å². The molecule has 1 aromatic carbocycles. The number of hydrogen-bond acceptors (Lipinski definition) is 2. The van der Waals surface area contributed by atoms with E-state index in [0.717, 1.165) is 24.3 Å². The van der Waals surface area contributed by atoms with Crippen molar-refractivity contribution in [3.05, 3.63) is 34.3 Å². The molecule has 0 fully saturated rings. The maximum atomic E-state index is 6.19. The van der Waals surface area contributed by atoms with Gasteiger partial charge in [0, 0.05) is 18.7 Å². The van der Waals surface area contributed by atoms with E-state index in [-0.39, 0.29) is 5.60 Å². The second-order valence-corrected chi connectivity index (χ2v) is 4.43. The van der Waals surface area contributed by atoms with Crippen molar-refractivity contribution in [1.29, 1.82) is 0 Å². The molecule has 0 aromatic heterocycles. The Morgan fingerprint density at radius 3 is 3.00 bits per heavy atom. The Balaban J connectivity index is 2.55. The van der Waals surface area contributed by atoms with Gasteiger partial charge < -0.3 is 10.5 Å². The monoisotopic (exact) mass is 225 g/mol. The van der Waals surface area contributed by atoms with Gasteiger partial charge >= 0.3 is 0 Å². The molecule has 2 N–H and O–H groups in total. The minimum atomic E-state index is -0.321. The highest BCUT2D eigenvalue weighted by Gasteiger charge is 2.35. The first-order chi connectivity index (χ1) is 7.23. The Hall–Kier alpha value is -0.570. The lowest BCUT2D eigenvalue weighted by atomic mass is 9.79. The average Bonchev–Trinajstić information content (AvgIpc) is 2.29. The summed E-state index contributed by atoms with van der Waals surface area (Å²) in [6.45, 7) is 0.511. The van der Waals surface area contributed by atoms with E-state index in [1.54, 1.807) is 7.11 Å². The number of fused-ring (bicyclic) bond motifs is 1. The molecule has 0 saturated heterocycles. The van der Waals surface area contributed by atoms with Gasteiger partial charge in [0.15, 0.2) is 0 Å². The molecule has 15 heavy (non-hydrogen) atoms. The molecule has 82 valence electrons. The summed E-state index contributed by atoms with van der Waals surface area (Å²) in [4.78, 5) is 0. The van der Waals surface area contributed by atoms with Crippen LogP contribution in [0.2, 0.25) is 5.02 Å². The number of benzene rings is 1. The zero-order valence-electron chi connectivity index (χ0n) is 8.92. The Bertz CT molecular complexity index is 361. The van der Waals surface area contributed by atoms with E-state index in [4.69, 9.17) is 22.1 Å². The maximum absolute atomic E-state index is 6.19. The first-order valence-electron chi connectivity index (χ1n) is 5.26. The first kappa shape index (κ1) is 10.9. The van der Waals surface area contributed by atoms with Gasteiger partial charge in [0.1, 0.15) is 5.60 Å². The van der Waals surface area contributed by atoms with Crippen LogP contribution in [-0.2, 0) is 16.8 Å². The third-order valence-corrected chi connectivity index (χ3v) is 3.69. The normalized spacial score (nSPS) is 25.0. The molecular weight excluding hydrogens is 210 g/mol. The summed E-state index contributed by atoms with van der Waals surface area (Å²) >= 11 is 6.19. The molecule has 0 heterocycles. The van der Waals surface area contributed by atoms with Crippen LogP contribution in [0, 0.1) is 0 Å². The van der Waals surface area contributed by atoms with Crippen molar-refractivity contribution in [3.63, 3.8) is 0 Å². The van der Waals surface area contributed by atoms with Crippen LogP contribution in [0.4, 0.5) is 0 Å². The van der Waals surface area contributed by atoms with Crippen molar-refractivity contribution in [2.75, 3.05) is 13.7 Å². The minimum Gasteiger partial charge on any atom is -0.372 e. The van der Waals surface area contributed by atoms with E-state index in [1.165, 1.54) is 11.1 Å². The van der Waals surface area contributed by atoms with Gasteiger partial charge in [0.25, 0.3) is 0 Å². The second-order valence-electron chi connectivity index (χ2n) is 4.02. The molecule has 0 bridgehead atoms. The molecule has 1 aromatic rings. The Morgan fingerprint density at radius 2 is 2.33 bits per heavy atom. The zero-order chi connectivity index (χ0) is 10.9. The summed E-state index contributed by atoms with van der Waals surface area (Å²) in [7, 11) is 1.73. The van der Waals surface area contributed by atoms with Crippen molar-refractivity contribution in [1.82, 2.24) is 0 Å². The fourth-order valence-electron chi connectivity index (χ4n) is 2.43. The van der Waals surface area contributed by atoms with Gasteiger partial charge in [-0.2, -0.15) is 0 Å². The van der Waals surface area contributed by atoms with Crippen molar-refractivity contribution in [2.45, 2.75) is 24.9 Å². The van der Waals surface area contributed by atoms with Crippen molar-refractivity contribution in [2.24, 2.45) is 5.73 Å².